The summed E-state index contributed by atoms with van der Waals surface area (Å²) >= 11 is 0. The van der Waals surface area contributed by atoms with E-state index in [1.54, 1.807) is 0 Å². The summed E-state index contributed by atoms with van der Waals surface area (Å²) in [5.41, 5.74) is 0. The van der Waals surface area contributed by atoms with Crippen molar-refractivity contribution in [2.45, 2.75) is 309 Å². The molecule has 0 aliphatic heterocycles. The minimum absolute atomic E-state index is 0.184. The van der Waals surface area contributed by atoms with Gasteiger partial charge in [0.2, 0.25) is 0 Å². The number of ether oxygens (including phenoxy) is 4. The first-order valence-corrected chi connectivity index (χ1v) is 34.4. The highest BCUT2D eigenvalue weighted by Crippen LogP contribution is 2.17. The summed E-state index contributed by atoms with van der Waals surface area (Å²) in [4.78, 5) is 37.6. The summed E-state index contributed by atoms with van der Waals surface area (Å²) in [5, 5.41) is 9.74. The lowest BCUT2D eigenvalue weighted by atomic mass is 10.0. The van der Waals surface area contributed by atoms with Crippen molar-refractivity contribution in [1.82, 2.24) is 0 Å². The molecule has 0 bridgehead atoms. The lowest BCUT2D eigenvalue weighted by Crippen LogP contribution is -2.40. The molecule has 2 unspecified atom stereocenters. The predicted octanol–water partition coefficient (Wildman–Crippen LogP) is 21.2. The maximum absolute atomic E-state index is 12.9. The maximum Gasteiger partial charge on any atom is 0.361 e. The molecule has 0 fully saturated rings. The van der Waals surface area contributed by atoms with E-state index >= 15 is 0 Å². The summed E-state index contributed by atoms with van der Waals surface area (Å²) < 4.78 is 23.0. The zero-order chi connectivity index (χ0) is 60.5. The van der Waals surface area contributed by atoms with E-state index in [0.29, 0.717) is 17.4 Å². The van der Waals surface area contributed by atoms with Crippen molar-refractivity contribution < 1.29 is 42.9 Å². The number of carbonyl (C=O) groups is 3. The molecular weight excluding hydrogens is 1030 g/mol. The van der Waals surface area contributed by atoms with Crippen molar-refractivity contribution >= 4 is 17.9 Å². The molecule has 0 saturated heterocycles. The number of carboxylic acid groups (broad SMARTS) is 1. The molecule has 0 saturated carbocycles. The van der Waals surface area contributed by atoms with Crippen molar-refractivity contribution in [3.8, 4) is 0 Å². The van der Waals surface area contributed by atoms with Crippen LogP contribution < -0.4 is 0 Å². The van der Waals surface area contributed by atoms with Crippen LogP contribution in [-0.4, -0.2) is 87.4 Å². The summed E-state index contributed by atoms with van der Waals surface area (Å²) in [5.74, 6) is -2.01. The number of nitrogens with zero attached hydrogens (tertiary/aromatic N) is 1. The molecule has 0 amide bonds. The van der Waals surface area contributed by atoms with Crippen LogP contribution in [0.1, 0.15) is 296 Å². The summed E-state index contributed by atoms with van der Waals surface area (Å²) in [6.45, 7) is 4.77. The number of rotatable bonds is 63. The van der Waals surface area contributed by atoms with E-state index in [2.05, 4.69) is 111 Å². The highest BCUT2D eigenvalue weighted by atomic mass is 16.7. The highest BCUT2D eigenvalue weighted by Gasteiger charge is 2.25. The summed E-state index contributed by atoms with van der Waals surface area (Å²) in [6, 6.07) is 0. The second kappa shape index (κ2) is 64.2. The Morgan fingerprint density at radius 3 is 1.02 bits per heavy atom. The van der Waals surface area contributed by atoms with Crippen molar-refractivity contribution in [1.29, 1.82) is 0 Å². The van der Waals surface area contributed by atoms with Gasteiger partial charge in [0.25, 0.3) is 6.29 Å². The number of likely N-dealkylation sites (N-methyl/N-ethyl adjacent to an activating group) is 1. The van der Waals surface area contributed by atoms with Crippen LogP contribution in [0.5, 0.6) is 0 Å². The van der Waals surface area contributed by atoms with E-state index in [-0.39, 0.29) is 32.2 Å². The smallest absolute Gasteiger partial charge is 0.361 e. The molecule has 0 rings (SSSR count). The predicted molar refractivity (Wildman–Crippen MR) is 355 cm³/mol. The van der Waals surface area contributed by atoms with E-state index in [9.17, 15) is 19.5 Å². The third kappa shape index (κ3) is 65.6. The van der Waals surface area contributed by atoms with Gasteiger partial charge in [-0.2, -0.15) is 0 Å². The molecular formula is C74H130NO8+. The Bertz CT molecular complexity index is 1680. The average Bonchev–Trinajstić information content (AvgIpc) is 3.46. The van der Waals surface area contributed by atoms with E-state index in [1.165, 1.54) is 173 Å². The molecule has 9 heteroatoms. The van der Waals surface area contributed by atoms with Gasteiger partial charge in [-0.3, -0.25) is 9.59 Å². The number of carbonyl (C=O) groups excluding carboxylic acids is 2. The van der Waals surface area contributed by atoms with E-state index < -0.39 is 24.3 Å². The third-order valence-corrected chi connectivity index (χ3v) is 14.8. The fraction of sp³-hybridized carbons (Fsp3) is 0.743. The average molecular weight is 1160 g/mol. The van der Waals surface area contributed by atoms with Crippen LogP contribution in [0.15, 0.2) is 97.2 Å². The van der Waals surface area contributed by atoms with Crippen molar-refractivity contribution in [2.75, 3.05) is 47.5 Å². The molecule has 0 aliphatic carbocycles. The molecule has 0 heterocycles. The van der Waals surface area contributed by atoms with Gasteiger partial charge < -0.3 is 28.5 Å². The quantitative estimate of drug-likeness (QED) is 0.0211. The monoisotopic (exact) mass is 1160 g/mol. The second-order valence-electron chi connectivity index (χ2n) is 24.1. The normalized spacial score (nSPS) is 13.3. The van der Waals surface area contributed by atoms with Crippen molar-refractivity contribution in [3.63, 3.8) is 0 Å². The highest BCUT2D eigenvalue weighted by molar-refractivity contribution is 5.71. The lowest BCUT2D eigenvalue weighted by Gasteiger charge is -2.25. The number of allylic oxidation sites excluding steroid dienone is 16. The van der Waals surface area contributed by atoms with Gasteiger partial charge in [0.15, 0.2) is 6.10 Å². The minimum atomic E-state index is -1.52. The molecule has 478 valence electrons. The van der Waals surface area contributed by atoms with Crippen LogP contribution in [-0.2, 0) is 33.3 Å². The number of hydrogen-bond acceptors (Lipinski definition) is 7. The molecule has 0 aromatic carbocycles. The Morgan fingerprint density at radius 1 is 0.373 bits per heavy atom. The molecule has 0 aliphatic rings. The van der Waals surface area contributed by atoms with Crippen LogP contribution in [0, 0.1) is 0 Å². The van der Waals surface area contributed by atoms with Crippen LogP contribution in [0.2, 0.25) is 0 Å². The molecule has 2 atom stereocenters. The van der Waals surface area contributed by atoms with Crippen molar-refractivity contribution in [3.05, 3.63) is 97.2 Å². The fourth-order valence-electron chi connectivity index (χ4n) is 9.58. The van der Waals surface area contributed by atoms with Crippen LogP contribution in [0.3, 0.4) is 0 Å². The number of esters is 2. The Kier molecular flexibility index (Phi) is 61.3. The van der Waals surface area contributed by atoms with Gasteiger partial charge in [-0.1, -0.05) is 284 Å². The number of carboxylic acids is 1. The van der Waals surface area contributed by atoms with Gasteiger partial charge >= 0.3 is 17.9 Å². The molecule has 0 aromatic heterocycles. The standard InChI is InChI=1S/C74H129NO8/c1-6-8-10-12-14-16-18-20-22-24-26-28-30-31-32-33-34-35-36-37-38-39-40-41-43-45-47-49-51-53-55-57-59-61-63-65-72(77)83-70(69-82-74(73(78)79)80-67-66-75(3,4)5)68-81-71(76)64-62-60-58-56-54-52-50-48-46-44-42-29-27-25-23-21-19-17-15-13-11-9-7-2/h8,10,14,16,19-22,25-28,31-32,42,44,70,74H,6-7,9,11-13,15,17-18,23-24,29-30,33-41,43,45-69H2,1-5H3/p+1/b10-8-,16-14-,21-19-,22-20-,27-25-,28-26-,32-31-,44-42-. The van der Waals surface area contributed by atoms with Gasteiger partial charge in [0.1, 0.15) is 13.2 Å². The zero-order valence-electron chi connectivity index (χ0n) is 54.6. The van der Waals surface area contributed by atoms with Gasteiger partial charge in [-0.05, 0) is 96.3 Å². The molecule has 9 nitrogen and oxygen atoms in total. The number of unbranched alkanes of at least 4 members (excludes halogenated alkanes) is 32. The van der Waals surface area contributed by atoms with Gasteiger partial charge in [-0.25, -0.2) is 4.79 Å². The van der Waals surface area contributed by atoms with E-state index in [1.807, 2.05) is 21.1 Å². The van der Waals surface area contributed by atoms with Gasteiger partial charge in [-0.15, -0.1) is 0 Å². The number of hydrogen-bond donors (Lipinski definition) is 1. The molecule has 1 N–H and O–H groups in total. The molecule has 0 radical (unpaired) electrons. The lowest BCUT2D eigenvalue weighted by molar-refractivity contribution is -0.870. The molecule has 0 spiro atoms. The van der Waals surface area contributed by atoms with E-state index in [0.717, 1.165) is 96.3 Å². The SMILES string of the molecule is CC/C=C\C/C=C\C/C=C\C/C=C\C/C=C\CCCCCCCCCCCCCCCCCCCCCC(=O)OC(COC(=O)CCCCCCCCCC/C=C\C/C=C\C/C=C\CCCCCCC)COC(OCC[N+](C)(C)C)C(=O)O. The molecule has 0 aromatic rings. The largest absolute Gasteiger partial charge is 0.477 e. The zero-order valence-corrected chi connectivity index (χ0v) is 54.6. The topological polar surface area (TPSA) is 108 Å². The summed E-state index contributed by atoms with van der Waals surface area (Å²) in [7, 11) is 5.98. The third-order valence-electron chi connectivity index (χ3n) is 14.8. The van der Waals surface area contributed by atoms with Crippen molar-refractivity contribution in [2.24, 2.45) is 0 Å². The Hall–Kier alpha value is -3.79. The first kappa shape index (κ1) is 79.2. The van der Waals surface area contributed by atoms with Crippen LogP contribution in [0.25, 0.3) is 0 Å². The second-order valence-corrected chi connectivity index (χ2v) is 24.1. The number of aliphatic carboxylic acids is 1. The van der Waals surface area contributed by atoms with Gasteiger partial charge in [0.05, 0.1) is 34.4 Å². The Labute approximate surface area is 512 Å². The fourth-order valence-corrected chi connectivity index (χ4v) is 9.58. The van der Waals surface area contributed by atoms with Crippen LogP contribution >= 0.6 is 0 Å². The molecule has 83 heavy (non-hydrogen) atoms. The minimum Gasteiger partial charge on any atom is -0.477 e. The number of quaternary nitrogens is 1. The Morgan fingerprint density at radius 2 is 0.687 bits per heavy atom. The summed E-state index contributed by atoms with van der Waals surface area (Å²) in [6.07, 6.45) is 85.1. The van der Waals surface area contributed by atoms with Gasteiger partial charge in [0, 0.05) is 12.8 Å². The van der Waals surface area contributed by atoms with Crippen LogP contribution in [0.4, 0.5) is 0 Å². The van der Waals surface area contributed by atoms with E-state index in [4.69, 9.17) is 18.9 Å². The Balaban J connectivity index is 4.10. The first-order chi connectivity index (χ1) is 40.6. The first-order valence-electron chi connectivity index (χ1n) is 34.4. The maximum atomic E-state index is 12.9.